The van der Waals surface area contributed by atoms with Crippen molar-refractivity contribution in [1.82, 2.24) is 49.7 Å². The number of hydrogen-bond donors (Lipinski definition) is 6. The van der Waals surface area contributed by atoms with Crippen LogP contribution in [0, 0.1) is 11.8 Å². The molecule has 4 aliphatic rings. The molecule has 2 aliphatic carbocycles. The molecule has 2 fully saturated rings. The zero-order valence-corrected chi connectivity index (χ0v) is 37.4. The Hall–Kier alpha value is -7.10. The van der Waals surface area contributed by atoms with Crippen LogP contribution in [-0.2, 0) is 20.9 Å². The third kappa shape index (κ3) is 9.15. The van der Waals surface area contributed by atoms with Crippen LogP contribution in [-0.4, -0.2) is 62.7 Å². The molecule has 8 heterocycles. The highest BCUT2D eigenvalue weighted by Crippen LogP contribution is 2.35. The number of fused-ring (bicyclic) bond motifs is 2. The number of nitrogen functional groups attached to an aromatic ring is 1. The molecule has 4 amide bonds. The average molecular weight is 985 g/mol. The summed E-state index contributed by atoms with van der Waals surface area (Å²) in [7, 11) is 0. The lowest BCUT2D eigenvalue weighted by molar-refractivity contribution is -0.118. The number of pyridine rings is 4. The molecule has 65 heavy (non-hydrogen) atoms. The van der Waals surface area contributed by atoms with Crippen LogP contribution in [0.15, 0.2) is 100 Å². The number of nitrogens with two attached hydrogens (primary N) is 1. The van der Waals surface area contributed by atoms with E-state index >= 15 is 0 Å². The number of aromatic nitrogens is 8. The maximum absolute atomic E-state index is 13.4. The standard InChI is InChI=1S/C21H18ClN7O3.C13H9BrClN3O2.C8H10N4O/c1-21(12-3-2-6-23-9-12)28-19(31)17-13(22)7-14(20(32)29(17)21)26-15-8-16(25-10-24-15)27-18(30)11-4-5-11;1-13(7-3-2-4-16-6-7)17-11(19)10-9(15)5-8(14)12(20)18(10)13;9-6-3-7(11-4-10-6)12-8(13)5-1-2-5/h2-3,6-11H,4-5H2,1H3,(H,28,31)(H2,24,25,26,27,30);2-6H,1H3,(H,17,19);3-5H,1-2H2,(H3,9,10,11,12,13). The van der Waals surface area contributed by atoms with Crippen LogP contribution >= 0.6 is 39.1 Å². The fourth-order valence-corrected chi connectivity index (χ4v) is 8.20. The highest BCUT2D eigenvalue weighted by Gasteiger charge is 2.44. The molecule has 6 aromatic heterocycles. The lowest BCUT2D eigenvalue weighted by Gasteiger charge is -2.27. The van der Waals surface area contributed by atoms with Crippen molar-refractivity contribution >= 4 is 91.7 Å². The SMILES string of the molecule is CC1(c2cccnc2)NC(=O)c2c(Cl)cc(Br)c(=O)n21.CC1(c2cccnc2)NC(=O)c2c(Cl)cc(Nc3cc(NC(=O)C4CC4)ncn3)c(=O)n21.Nc1cc(NC(=O)C2CC2)ncn1. The molecule has 2 unspecified atom stereocenters. The molecule has 23 heteroatoms. The van der Waals surface area contributed by atoms with Gasteiger partial charge in [0.25, 0.3) is 22.9 Å². The Morgan fingerprint density at radius 1 is 0.708 bits per heavy atom. The molecule has 20 nitrogen and oxygen atoms in total. The number of halogens is 3. The fourth-order valence-electron chi connectivity index (χ4n) is 7.10. The van der Waals surface area contributed by atoms with Crippen LogP contribution in [0.1, 0.15) is 71.6 Å². The van der Waals surface area contributed by atoms with Gasteiger partial charge >= 0.3 is 0 Å². The smallest absolute Gasteiger partial charge is 0.277 e. The maximum atomic E-state index is 13.4. The number of nitrogens with zero attached hydrogens (tertiary/aromatic N) is 8. The van der Waals surface area contributed by atoms with Crippen LogP contribution in [0.2, 0.25) is 10.0 Å². The quantitative estimate of drug-likeness (QED) is 0.120. The minimum Gasteiger partial charge on any atom is -0.384 e. The van der Waals surface area contributed by atoms with Crippen LogP contribution in [0.25, 0.3) is 0 Å². The van der Waals surface area contributed by atoms with Crippen LogP contribution < -0.4 is 43.4 Å². The average Bonchev–Trinajstić information content (AvgIpc) is 4.22. The molecule has 0 saturated heterocycles. The molecule has 2 saturated carbocycles. The number of carbonyl (C=O) groups excluding carboxylic acids is 4. The van der Waals surface area contributed by atoms with Gasteiger partial charge in [0, 0.05) is 59.9 Å². The van der Waals surface area contributed by atoms with E-state index in [0.717, 1.165) is 25.7 Å². The number of rotatable bonds is 8. The van der Waals surface area contributed by atoms with E-state index in [2.05, 4.69) is 72.4 Å². The van der Waals surface area contributed by atoms with Gasteiger partial charge in [-0.05, 0) is 79.7 Å². The predicted octanol–water partition coefficient (Wildman–Crippen LogP) is 4.77. The summed E-state index contributed by atoms with van der Waals surface area (Å²) in [6.07, 6.45) is 12.7. The Bertz CT molecular complexity index is 3010. The zero-order chi connectivity index (χ0) is 46.2. The largest absolute Gasteiger partial charge is 0.384 e. The minimum atomic E-state index is -1.17. The lowest BCUT2D eigenvalue weighted by Crippen LogP contribution is -2.46. The van der Waals surface area contributed by atoms with E-state index < -0.39 is 22.8 Å². The number of carbonyl (C=O) groups is 4. The second-order valence-corrected chi connectivity index (χ2v) is 17.2. The number of anilines is 5. The van der Waals surface area contributed by atoms with E-state index in [9.17, 15) is 28.8 Å². The maximum Gasteiger partial charge on any atom is 0.277 e. The van der Waals surface area contributed by atoms with Gasteiger partial charge in [0.05, 0.1) is 14.5 Å². The Morgan fingerprint density at radius 2 is 1.18 bits per heavy atom. The third-order valence-electron chi connectivity index (χ3n) is 10.8. The van der Waals surface area contributed by atoms with Crippen molar-refractivity contribution in [2.45, 2.75) is 50.9 Å². The first-order valence-electron chi connectivity index (χ1n) is 19.9. The first-order valence-corrected chi connectivity index (χ1v) is 21.4. The van der Waals surface area contributed by atoms with Gasteiger partial charge in [-0.1, -0.05) is 35.3 Å². The number of amides is 4. The Kier molecular flexibility index (Phi) is 12.2. The molecule has 0 bridgehead atoms. The highest BCUT2D eigenvalue weighted by molar-refractivity contribution is 9.10. The molecular weight excluding hydrogens is 947 g/mol. The summed E-state index contributed by atoms with van der Waals surface area (Å²) in [6.45, 7) is 3.44. The van der Waals surface area contributed by atoms with Gasteiger partial charge < -0.3 is 32.3 Å². The van der Waals surface area contributed by atoms with Crippen molar-refractivity contribution in [1.29, 1.82) is 0 Å². The van der Waals surface area contributed by atoms with Crippen molar-refractivity contribution in [3.8, 4) is 0 Å². The van der Waals surface area contributed by atoms with Gasteiger partial charge in [-0.15, -0.1) is 0 Å². The van der Waals surface area contributed by atoms with E-state index in [4.69, 9.17) is 28.9 Å². The van der Waals surface area contributed by atoms with Gasteiger partial charge in [-0.2, -0.15) is 0 Å². The molecule has 7 N–H and O–H groups in total. The number of hydrogen-bond acceptors (Lipinski definition) is 14. The van der Waals surface area contributed by atoms with E-state index in [1.54, 1.807) is 69.0 Å². The van der Waals surface area contributed by atoms with Crippen molar-refractivity contribution in [3.05, 3.63) is 144 Å². The van der Waals surface area contributed by atoms with Crippen molar-refractivity contribution < 1.29 is 19.2 Å². The van der Waals surface area contributed by atoms with Gasteiger partial charge in [0.1, 0.15) is 64.3 Å². The van der Waals surface area contributed by atoms with Gasteiger partial charge in [0.15, 0.2) is 0 Å². The number of nitrogens with one attached hydrogen (secondary N) is 5. The lowest BCUT2D eigenvalue weighted by atomic mass is 10.0. The molecule has 2 aliphatic heterocycles. The summed E-state index contributed by atoms with van der Waals surface area (Å²) in [5.41, 5.74) is 4.10. The Balaban J connectivity index is 0.000000148. The third-order valence-corrected chi connectivity index (χ3v) is 11.9. The molecule has 6 aromatic rings. The molecule has 10 rings (SSSR count). The molecule has 0 radical (unpaired) electrons. The van der Waals surface area contributed by atoms with Crippen molar-refractivity contribution in [3.63, 3.8) is 0 Å². The normalized spacial score (nSPS) is 18.9. The van der Waals surface area contributed by atoms with Crippen LogP contribution in [0.5, 0.6) is 0 Å². The van der Waals surface area contributed by atoms with Crippen LogP contribution in [0.4, 0.5) is 29.0 Å². The van der Waals surface area contributed by atoms with Crippen molar-refractivity contribution in [2.75, 3.05) is 21.7 Å². The predicted molar refractivity (Wildman–Crippen MR) is 242 cm³/mol. The molecule has 2 atom stereocenters. The van der Waals surface area contributed by atoms with Gasteiger partial charge in [0.2, 0.25) is 11.8 Å². The molecule has 332 valence electrons. The Labute approximate surface area is 387 Å². The first kappa shape index (κ1) is 44.5. The summed E-state index contributed by atoms with van der Waals surface area (Å²) >= 11 is 15.7. The van der Waals surface area contributed by atoms with E-state index in [0.29, 0.717) is 38.9 Å². The monoisotopic (exact) mass is 982 g/mol. The topological polar surface area (TPSA) is 276 Å². The van der Waals surface area contributed by atoms with E-state index in [-0.39, 0.29) is 62.2 Å². The van der Waals surface area contributed by atoms with Crippen LogP contribution in [0.3, 0.4) is 0 Å². The summed E-state index contributed by atoms with van der Waals surface area (Å²) in [5.74, 6) is 0.746. The summed E-state index contributed by atoms with van der Waals surface area (Å²) in [4.78, 5) is 97.8. The highest BCUT2D eigenvalue weighted by atomic mass is 79.9. The van der Waals surface area contributed by atoms with E-state index in [1.807, 2.05) is 0 Å². The summed E-state index contributed by atoms with van der Waals surface area (Å²) in [6, 6.07) is 12.9. The minimum absolute atomic E-state index is 0.0247. The van der Waals surface area contributed by atoms with E-state index in [1.165, 1.54) is 40.0 Å². The van der Waals surface area contributed by atoms with Gasteiger partial charge in [-0.3, -0.25) is 47.9 Å². The fraction of sp³-hybridized carbons (Fsp3) is 0.238. The molecular formula is C42H37BrCl2N14O6. The summed E-state index contributed by atoms with van der Waals surface area (Å²) in [5, 5.41) is 14.3. The molecule has 0 spiro atoms. The van der Waals surface area contributed by atoms with Gasteiger partial charge in [-0.25, -0.2) is 19.9 Å². The second kappa shape index (κ2) is 17.8. The Morgan fingerprint density at radius 3 is 1.68 bits per heavy atom. The zero-order valence-electron chi connectivity index (χ0n) is 34.3. The first-order chi connectivity index (χ1) is 31.1. The molecule has 0 aromatic carbocycles. The van der Waals surface area contributed by atoms with Crippen molar-refractivity contribution in [2.24, 2.45) is 11.8 Å². The summed E-state index contributed by atoms with van der Waals surface area (Å²) < 4.78 is 2.98. The second-order valence-electron chi connectivity index (χ2n) is 15.5.